The van der Waals surface area contributed by atoms with Crippen molar-refractivity contribution in [2.24, 2.45) is 29.6 Å². The van der Waals surface area contributed by atoms with Crippen LogP contribution in [0.2, 0.25) is 0 Å². The van der Waals surface area contributed by atoms with E-state index in [0.29, 0.717) is 37.0 Å². The fourth-order valence-electron chi connectivity index (χ4n) is 9.40. The van der Waals surface area contributed by atoms with Crippen molar-refractivity contribution in [2.75, 3.05) is 11.4 Å². The van der Waals surface area contributed by atoms with Crippen LogP contribution in [-0.2, 0) is 4.79 Å². The van der Waals surface area contributed by atoms with E-state index in [2.05, 4.69) is 25.7 Å². The Morgan fingerprint density at radius 3 is 2.21 bits per heavy atom. The molecule has 3 aliphatic heterocycles. The Morgan fingerprint density at radius 2 is 1.53 bits per heavy atom. The lowest BCUT2D eigenvalue weighted by Gasteiger charge is -2.59. The standard InChI is InChI=1S/C32H47N3O3/c1-20-11-12-26-18-28(19-30(20)34(26)27-16-23-15-24(17-27)22(3)14-21(23)2)35(25-8-5-4-6-9-25)32(38)33-13-7-10-29(33)31(36)37/h4-6,8-9,20-24,26-30H,7,10-19H2,1-3H3,(H,36,37). The van der Waals surface area contributed by atoms with Gasteiger partial charge in [-0.1, -0.05) is 39.0 Å². The van der Waals surface area contributed by atoms with Gasteiger partial charge in [0.15, 0.2) is 0 Å². The smallest absolute Gasteiger partial charge is 0.326 e. The Labute approximate surface area is 228 Å². The molecule has 9 unspecified atom stereocenters. The van der Waals surface area contributed by atoms with Crippen molar-refractivity contribution in [1.29, 1.82) is 0 Å². The second kappa shape index (κ2) is 10.5. The first-order valence-corrected chi connectivity index (χ1v) is 15.5. The summed E-state index contributed by atoms with van der Waals surface area (Å²) in [4.78, 5) is 32.7. The van der Waals surface area contributed by atoms with Crippen LogP contribution in [0.4, 0.5) is 10.5 Å². The Bertz CT molecular complexity index is 1000. The Balaban J connectivity index is 1.28. The van der Waals surface area contributed by atoms with Gasteiger partial charge in [-0.05, 0) is 106 Å². The van der Waals surface area contributed by atoms with E-state index < -0.39 is 12.0 Å². The molecule has 5 aliphatic rings. The van der Waals surface area contributed by atoms with Crippen molar-refractivity contribution < 1.29 is 14.7 Å². The van der Waals surface area contributed by atoms with E-state index in [-0.39, 0.29) is 12.1 Å². The monoisotopic (exact) mass is 521 g/mol. The van der Waals surface area contributed by atoms with Crippen molar-refractivity contribution in [3.8, 4) is 0 Å². The molecular formula is C32H47N3O3. The third-order valence-electron chi connectivity index (χ3n) is 11.4. The van der Waals surface area contributed by atoms with Gasteiger partial charge in [0.25, 0.3) is 0 Å². The van der Waals surface area contributed by atoms with Crippen LogP contribution in [0, 0.1) is 29.6 Å². The number of urea groups is 1. The fourth-order valence-corrected chi connectivity index (χ4v) is 9.40. The zero-order chi connectivity index (χ0) is 26.6. The van der Waals surface area contributed by atoms with Crippen LogP contribution >= 0.6 is 0 Å². The summed E-state index contributed by atoms with van der Waals surface area (Å²) in [6, 6.07) is 11.0. The number of rotatable bonds is 4. The average molecular weight is 522 g/mol. The highest BCUT2D eigenvalue weighted by Gasteiger charge is 2.50. The number of carboxylic acid groups (broad SMARTS) is 1. The van der Waals surface area contributed by atoms with Crippen molar-refractivity contribution in [3.63, 3.8) is 0 Å². The first-order valence-electron chi connectivity index (χ1n) is 15.5. The van der Waals surface area contributed by atoms with Gasteiger partial charge in [0.1, 0.15) is 6.04 Å². The van der Waals surface area contributed by atoms with Crippen LogP contribution in [0.1, 0.15) is 85.0 Å². The second-order valence-electron chi connectivity index (χ2n) is 13.6. The number of carboxylic acids is 1. The molecule has 6 nitrogen and oxygen atoms in total. The van der Waals surface area contributed by atoms with Crippen LogP contribution in [0.3, 0.4) is 0 Å². The summed E-state index contributed by atoms with van der Waals surface area (Å²) in [5, 5.41) is 9.83. The first kappa shape index (κ1) is 26.2. The Kier molecular flexibility index (Phi) is 7.21. The molecule has 2 aliphatic carbocycles. The van der Waals surface area contributed by atoms with E-state index >= 15 is 0 Å². The highest BCUT2D eigenvalue weighted by Crippen LogP contribution is 2.50. The molecule has 4 bridgehead atoms. The molecule has 1 aromatic carbocycles. The number of nitrogens with zero attached hydrogens (tertiary/aromatic N) is 3. The van der Waals surface area contributed by atoms with Crippen molar-refractivity contribution in [3.05, 3.63) is 30.3 Å². The third-order valence-corrected chi connectivity index (χ3v) is 11.4. The number of hydrogen-bond acceptors (Lipinski definition) is 3. The number of aliphatic carboxylic acids is 1. The lowest BCUT2D eigenvalue weighted by atomic mass is 9.61. The van der Waals surface area contributed by atoms with E-state index in [9.17, 15) is 14.7 Å². The number of fused-ring (bicyclic) bond motifs is 4. The topological polar surface area (TPSA) is 64.1 Å². The van der Waals surface area contributed by atoms with Crippen molar-refractivity contribution >= 4 is 17.7 Å². The molecule has 2 amide bonds. The van der Waals surface area contributed by atoms with Gasteiger partial charge < -0.3 is 10.0 Å². The first-order chi connectivity index (χ1) is 18.3. The van der Waals surface area contributed by atoms with Gasteiger partial charge in [-0.15, -0.1) is 0 Å². The van der Waals surface area contributed by atoms with Crippen LogP contribution in [-0.4, -0.2) is 63.7 Å². The summed E-state index contributed by atoms with van der Waals surface area (Å²) in [5.41, 5.74) is 0.910. The molecule has 6 heteroatoms. The van der Waals surface area contributed by atoms with Crippen LogP contribution in [0.25, 0.3) is 0 Å². The summed E-state index contributed by atoms with van der Waals surface area (Å²) in [6.07, 6.45) is 11.3. The molecule has 2 saturated carbocycles. The maximum Gasteiger partial charge on any atom is 0.326 e. The number of hydrogen-bond donors (Lipinski definition) is 1. The van der Waals surface area contributed by atoms with Gasteiger partial charge in [-0.25, -0.2) is 9.59 Å². The normalized spacial score (nSPS) is 41.1. The fraction of sp³-hybridized carbons (Fsp3) is 0.750. The van der Waals surface area contributed by atoms with E-state index in [1.165, 1.54) is 38.5 Å². The summed E-state index contributed by atoms with van der Waals surface area (Å²) in [6.45, 7) is 7.94. The largest absolute Gasteiger partial charge is 0.480 e. The molecule has 3 heterocycles. The van der Waals surface area contributed by atoms with E-state index in [1.54, 1.807) is 4.90 Å². The molecule has 9 atom stereocenters. The van der Waals surface area contributed by atoms with Gasteiger partial charge in [0.05, 0.1) is 0 Å². The quantitative estimate of drug-likeness (QED) is 0.508. The van der Waals surface area contributed by atoms with E-state index in [1.807, 2.05) is 35.2 Å². The molecule has 38 heavy (non-hydrogen) atoms. The zero-order valence-electron chi connectivity index (χ0n) is 23.5. The van der Waals surface area contributed by atoms with Crippen molar-refractivity contribution in [1.82, 2.24) is 9.80 Å². The van der Waals surface area contributed by atoms with Crippen LogP contribution in [0.15, 0.2) is 30.3 Å². The Hall–Kier alpha value is -2.08. The highest BCUT2D eigenvalue weighted by atomic mass is 16.4. The number of anilines is 1. The molecule has 1 aromatic rings. The number of benzene rings is 1. The molecule has 0 spiro atoms. The van der Waals surface area contributed by atoms with Gasteiger partial charge in [0, 0.05) is 36.4 Å². The number of amides is 2. The minimum absolute atomic E-state index is 0.106. The molecule has 6 rings (SSSR count). The van der Waals surface area contributed by atoms with Gasteiger partial charge in [0.2, 0.25) is 0 Å². The lowest BCUT2D eigenvalue weighted by Crippen LogP contribution is -2.65. The number of likely N-dealkylation sites (tertiary alicyclic amines) is 1. The summed E-state index contributed by atoms with van der Waals surface area (Å²) >= 11 is 0. The minimum atomic E-state index is -0.879. The molecule has 1 N–H and O–H groups in total. The predicted molar refractivity (Wildman–Crippen MR) is 150 cm³/mol. The van der Waals surface area contributed by atoms with Crippen LogP contribution in [0.5, 0.6) is 0 Å². The summed E-state index contributed by atoms with van der Waals surface area (Å²) in [7, 11) is 0. The van der Waals surface area contributed by atoms with E-state index in [0.717, 1.165) is 48.6 Å². The second-order valence-corrected chi connectivity index (χ2v) is 13.6. The maximum atomic E-state index is 14.1. The molecule has 0 radical (unpaired) electrons. The van der Waals surface area contributed by atoms with Crippen molar-refractivity contribution in [2.45, 2.75) is 115 Å². The summed E-state index contributed by atoms with van der Waals surface area (Å²) in [5.74, 6) is 3.16. The lowest BCUT2D eigenvalue weighted by molar-refractivity contribution is -0.141. The maximum absolute atomic E-state index is 14.1. The molecule has 0 aromatic heterocycles. The average Bonchev–Trinajstić information content (AvgIpc) is 3.41. The highest BCUT2D eigenvalue weighted by molar-refractivity contribution is 5.95. The Morgan fingerprint density at radius 1 is 0.816 bits per heavy atom. The molecule has 5 fully saturated rings. The number of piperidine rings is 2. The molecule has 3 saturated heterocycles. The number of carbonyl (C=O) groups excluding carboxylic acids is 1. The third kappa shape index (κ3) is 4.65. The predicted octanol–water partition coefficient (Wildman–Crippen LogP) is 6.25. The minimum Gasteiger partial charge on any atom is -0.480 e. The molecular weight excluding hydrogens is 474 g/mol. The SMILES string of the molecule is CC1CC(C)C2CC1CC(N1C3CCC(C)C1CC(N(C(=O)N1CCCC1C(=O)O)c1ccccc1)C3)C2. The van der Waals surface area contributed by atoms with E-state index in [4.69, 9.17) is 0 Å². The summed E-state index contributed by atoms with van der Waals surface area (Å²) < 4.78 is 0. The number of para-hydroxylation sites is 1. The molecule has 208 valence electrons. The van der Waals surface area contributed by atoms with Gasteiger partial charge >= 0.3 is 12.0 Å². The van der Waals surface area contributed by atoms with Gasteiger partial charge in [-0.2, -0.15) is 0 Å². The van der Waals surface area contributed by atoms with Crippen LogP contribution < -0.4 is 4.90 Å². The zero-order valence-corrected chi connectivity index (χ0v) is 23.5. The number of carbonyl (C=O) groups is 2. The van der Waals surface area contributed by atoms with Gasteiger partial charge in [-0.3, -0.25) is 9.80 Å².